The van der Waals surface area contributed by atoms with Gasteiger partial charge in [-0.2, -0.15) is 0 Å². The molecule has 7 nitrogen and oxygen atoms in total. The van der Waals surface area contributed by atoms with E-state index >= 15 is 0 Å². The van der Waals surface area contributed by atoms with Crippen LogP contribution in [0.15, 0.2) is 35.1 Å². The van der Waals surface area contributed by atoms with E-state index in [2.05, 4.69) is 0 Å². The maximum atomic E-state index is 12.6. The highest BCUT2D eigenvalue weighted by atomic mass is 16.5. The minimum atomic E-state index is -0.150. The van der Waals surface area contributed by atoms with Crippen LogP contribution in [0.4, 0.5) is 0 Å². The Labute approximate surface area is 163 Å². The zero-order valence-electron chi connectivity index (χ0n) is 16.8. The van der Waals surface area contributed by atoms with Crippen molar-refractivity contribution in [2.45, 2.75) is 0 Å². The summed E-state index contributed by atoms with van der Waals surface area (Å²) in [6.45, 7) is 0. The molecule has 0 unspecified atom stereocenters. The summed E-state index contributed by atoms with van der Waals surface area (Å²) in [6, 6.07) is 8.83. The molecule has 0 aliphatic carbocycles. The molecule has 0 radical (unpaired) electrons. The topological polar surface area (TPSA) is 68.2 Å². The van der Waals surface area contributed by atoms with E-state index in [1.165, 1.54) is 0 Å². The second-order valence-corrected chi connectivity index (χ2v) is 6.10. The molecule has 1 aromatic heterocycles. The first kappa shape index (κ1) is 19.4. The van der Waals surface area contributed by atoms with E-state index in [0.29, 0.717) is 34.4 Å². The molecular formula is C21H23NO6. The Morgan fingerprint density at radius 1 is 0.679 bits per heavy atom. The van der Waals surface area contributed by atoms with Crippen molar-refractivity contribution in [3.63, 3.8) is 0 Å². The molecule has 1 heterocycles. The van der Waals surface area contributed by atoms with Gasteiger partial charge in [-0.15, -0.1) is 0 Å². The molecule has 0 atom stereocenters. The van der Waals surface area contributed by atoms with E-state index in [1.807, 2.05) is 18.2 Å². The second-order valence-electron chi connectivity index (χ2n) is 6.10. The van der Waals surface area contributed by atoms with E-state index in [0.717, 1.165) is 16.3 Å². The van der Waals surface area contributed by atoms with Gasteiger partial charge in [0.2, 0.25) is 5.75 Å². The molecule has 0 saturated heterocycles. The Balaban J connectivity index is 2.43. The molecule has 0 bridgehead atoms. The second kappa shape index (κ2) is 7.72. The molecule has 3 aromatic rings. The van der Waals surface area contributed by atoms with Crippen LogP contribution in [0.3, 0.4) is 0 Å². The van der Waals surface area contributed by atoms with Gasteiger partial charge in [0.15, 0.2) is 23.0 Å². The van der Waals surface area contributed by atoms with Crippen molar-refractivity contribution in [2.75, 3.05) is 35.5 Å². The van der Waals surface area contributed by atoms with Crippen molar-refractivity contribution in [3.8, 4) is 40.0 Å². The molecule has 0 aliphatic rings. The van der Waals surface area contributed by atoms with E-state index in [4.69, 9.17) is 23.7 Å². The van der Waals surface area contributed by atoms with Crippen molar-refractivity contribution < 1.29 is 23.7 Å². The molecule has 2 aromatic carbocycles. The Kier molecular flexibility index (Phi) is 5.35. The minimum absolute atomic E-state index is 0.150. The van der Waals surface area contributed by atoms with E-state index < -0.39 is 0 Å². The van der Waals surface area contributed by atoms with Gasteiger partial charge in [-0.25, -0.2) is 0 Å². The summed E-state index contributed by atoms with van der Waals surface area (Å²) in [6.07, 6.45) is 0. The van der Waals surface area contributed by atoms with Crippen LogP contribution in [0.5, 0.6) is 28.7 Å². The molecule has 0 amide bonds. The Morgan fingerprint density at radius 2 is 1.21 bits per heavy atom. The number of nitrogens with zero attached hydrogens (tertiary/aromatic N) is 1. The number of methoxy groups -OCH3 is 5. The lowest BCUT2D eigenvalue weighted by molar-refractivity contribution is 0.324. The smallest absolute Gasteiger partial charge is 0.251 e. The first-order valence-corrected chi connectivity index (χ1v) is 8.55. The number of rotatable bonds is 6. The third kappa shape index (κ3) is 3.09. The van der Waals surface area contributed by atoms with Gasteiger partial charge in [-0.05, 0) is 29.7 Å². The zero-order valence-corrected chi connectivity index (χ0v) is 16.8. The van der Waals surface area contributed by atoms with Crippen molar-refractivity contribution in [3.05, 3.63) is 40.7 Å². The Bertz CT molecular complexity index is 1060. The lowest BCUT2D eigenvalue weighted by Gasteiger charge is -2.18. The monoisotopic (exact) mass is 385 g/mol. The fraction of sp³-hybridized carbons (Fsp3) is 0.286. The van der Waals surface area contributed by atoms with Crippen molar-refractivity contribution in [1.29, 1.82) is 0 Å². The lowest BCUT2D eigenvalue weighted by Crippen LogP contribution is -2.17. The van der Waals surface area contributed by atoms with Crippen LogP contribution < -0.4 is 29.2 Å². The standard InChI is InChI=1S/C21H23NO6/c1-22-19(23)10-12-7-15(24-2)16(25-3)11-14(12)20(22)13-8-17(26-4)21(28-6)18(9-13)27-5/h7-11H,1-6H3. The summed E-state index contributed by atoms with van der Waals surface area (Å²) in [4.78, 5) is 12.6. The van der Waals surface area contributed by atoms with Gasteiger partial charge in [0, 0.05) is 24.1 Å². The fourth-order valence-electron chi connectivity index (χ4n) is 3.31. The molecule has 7 heteroatoms. The van der Waals surface area contributed by atoms with Gasteiger partial charge >= 0.3 is 0 Å². The summed E-state index contributed by atoms with van der Waals surface area (Å²) >= 11 is 0. The fourth-order valence-corrected chi connectivity index (χ4v) is 3.31. The average Bonchev–Trinajstić information content (AvgIpc) is 2.72. The number of pyridine rings is 1. The number of hydrogen-bond acceptors (Lipinski definition) is 6. The summed E-state index contributed by atoms with van der Waals surface area (Å²) in [7, 11) is 9.51. The zero-order chi connectivity index (χ0) is 20.4. The van der Waals surface area contributed by atoms with Gasteiger partial charge in [0.05, 0.1) is 41.2 Å². The third-order valence-electron chi connectivity index (χ3n) is 4.69. The van der Waals surface area contributed by atoms with Crippen molar-refractivity contribution in [1.82, 2.24) is 4.57 Å². The van der Waals surface area contributed by atoms with Crippen LogP contribution in [0.2, 0.25) is 0 Å². The number of hydrogen-bond donors (Lipinski definition) is 0. The first-order chi connectivity index (χ1) is 13.5. The quantitative estimate of drug-likeness (QED) is 0.649. The van der Waals surface area contributed by atoms with E-state index in [1.54, 1.807) is 59.3 Å². The molecular weight excluding hydrogens is 362 g/mol. The number of aromatic nitrogens is 1. The largest absolute Gasteiger partial charge is 0.493 e. The van der Waals surface area contributed by atoms with Crippen LogP contribution >= 0.6 is 0 Å². The first-order valence-electron chi connectivity index (χ1n) is 8.55. The average molecular weight is 385 g/mol. The normalized spacial score (nSPS) is 10.6. The SMILES string of the molecule is COc1cc2cc(=O)n(C)c(-c3cc(OC)c(OC)c(OC)c3)c2cc1OC. The highest BCUT2D eigenvalue weighted by Crippen LogP contribution is 2.43. The summed E-state index contributed by atoms with van der Waals surface area (Å²) in [5.74, 6) is 2.61. The number of fused-ring (bicyclic) bond motifs is 1. The molecule has 0 spiro atoms. The molecule has 148 valence electrons. The highest BCUT2D eigenvalue weighted by molar-refractivity contribution is 5.97. The van der Waals surface area contributed by atoms with Gasteiger partial charge < -0.3 is 28.3 Å². The molecule has 0 aliphatic heterocycles. The van der Waals surface area contributed by atoms with Crippen LogP contribution in [-0.4, -0.2) is 40.1 Å². The van der Waals surface area contributed by atoms with Crippen LogP contribution in [-0.2, 0) is 7.05 Å². The Morgan fingerprint density at radius 3 is 1.71 bits per heavy atom. The molecule has 3 rings (SSSR count). The van der Waals surface area contributed by atoms with Crippen LogP contribution in [0, 0.1) is 0 Å². The number of ether oxygens (including phenoxy) is 5. The lowest BCUT2D eigenvalue weighted by atomic mass is 10.0. The Hall–Kier alpha value is -3.35. The predicted octanol–water partition coefficient (Wildman–Crippen LogP) is 3.25. The van der Waals surface area contributed by atoms with Gasteiger partial charge in [-0.1, -0.05) is 0 Å². The molecule has 0 N–H and O–H groups in total. The van der Waals surface area contributed by atoms with Gasteiger partial charge in [-0.3, -0.25) is 4.79 Å². The highest BCUT2D eigenvalue weighted by Gasteiger charge is 2.19. The molecule has 28 heavy (non-hydrogen) atoms. The number of benzene rings is 2. The van der Waals surface area contributed by atoms with Crippen molar-refractivity contribution in [2.24, 2.45) is 7.05 Å². The molecule has 0 fully saturated rings. The maximum absolute atomic E-state index is 12.6. The van der Waals surface area contributed by atoms with Crippen LogP contribution in [0.1, 0.15) is 0 Å². The predicted molar refractivity (Wildman–Crippen MR) is 107 cm³/mol. The van der Waals surface area contributed by atoms with Crippen molar-refractivity contribution >= 4 is 10.8 Å². The minimum Gasteiger partial charge on any atom is -0.493 e. The summed E-state index contributed by atoms with van der Waals surface area (Å²) in [5, 5.41) is 1.57. The summed E-state index contributed by atoms with van der Waals surface area (Å²) in [5.41, 5.74) is 1.29. The summed E-state index contributed by atoms with van der Waals surface area (Å²) < 4.78 is 28.7. The maximum Gasteiger partial charge on any atom is 0.251 e. The van der Waals surface area contributed by atoms with Crippen LogP contribution in [0.25, 0.3) is 22.0 Å². The molecule has 0 saturated carbocycles. The third-order valence-corrected chi connectivity index (χ3v) is 4.69. The van der Waals surface area contributed by atoms with Gasteiger partial charge in [0.1, 0.15) is 0 Å². The van der Waals surface area contributed by atoms with E-state index in [-0.39, 0.29) is 5.56 Å². The van der Waals surface area contributed by atoms with Gasteiger partial charge in [0.25, 0.3) is 5.56 Å². The van der Waals surface area contributed by atoms with E-state index in [9.17, 15) is 4.79 Å².